The van der Waals surface area contributed by atoms with Crippen molar-refractivity contribution in [1.29, 1.82) is 0 Å². The summed E-state index contributed by atoms with van der Waals surface area (Å²) in [5, 5.41) is 0. The van der Waals surface area contributed by atoms with E-state index >= 15 is 0 Å². The third kappa shape index (κ3) is 2.53. The van der Waals surface area contributed by atoms with Gasteiger partial charge in [-0.1, -0.05) is 15.9 Å². The van der Waals surface area contributed by atoms with Crippen LogP contribution in [0.4, 0.5) is 5.69 Å². The molecular weight excluding hydrogens is 342 g/mol. The van der Waals surface area contributed by atoms with Gasteiger partial charge < -0.3 is 15.2 Å². The lowest BCUT2D eigenvalue weighted by molar-refractivity contribution is 0.0607. The molecule has 0 aliphatic rings. The molecule has 0 spiro atoms. The van der Waals surface area contributed by atoms with E-state index in [9.17, 15) is 4.79 Å². The van der Waals surface area contributed by atoms with Gasteiger partial charge in [-0.05, 0) is 30.7 Å². The fourth-order valence-corrected chi connectivity index (χ4v) is 3.58. The molecule has 106 valence electrons. The Morgan fingerprint density at radius 3 is 2.65 bits per heavy atom. The molecule has 0 aliphatic carbocycles. The van der Waals surface area contributed by atoms with Crippen LogP contribution in [0.15, 0.2) is 22.7 Å². The van der Waals surface area contributed by atoms with Crippen molar-refractivity contribution in [2.24, 2.45) is 0 Å². The molecule has 6 heteroatoms. The maximum Gasteiger partial charge on any atom is 0.350 e. The van der Waals surface area contributed by atoms with Gasteiger partial charge in [-0.3, -0.25) is 0 Å². The van der Waals surface area contributed by atoms with E-state index in [1.165, 1.54) is 18.4 Å². The fourth-order valence-electron chi connectivity index (χ4n) is 1.83. The molecule has 1 aromatic carbocycles. The minimum atomic E-state index is -0.416. The minimum Gasteiger partial charge on any atom is -0.497 e. The number of anilines is 1. The molecule has 0 unspecified atom stereocenters. The maximum atomic E-state index is 11.7. The summed E-state index contributed by atoms with van der Waals surface area (Å²) in [6, 6.07) is 5.67. The summed E-state index contributed by atoms with van der Waals surface area (Å²) in [6.45, 7) is 1.89. The molecule has 1 aromatic heterocycles. The van der Waals surface area contributed by atoms with Crippen molar-refractivity contribution in [3.05, 3.63) is 33.1 Å². The quantitative estimate of drug-likeness (QED) is 0.849. The second kappa shape index (κ2) is 5.85. The van der Waals surface area contributed by atoms with Crippen molar-refractivity contribution in [1.82, 2.24) is 0 Å². The molecule has 2 aromatic rings. The van der Waals surface area contributed by atoms with Crippen molar-refractivity contribution >= 4 is 38.9 Å². The first kappa shape index (κ1) is 14.9. The molecule has 0 bridgehead atoms. The van der Waals surface area contributed by atoms with Gasteiger partial charge in [0, 0.05) is 14.9 Å². The molecule has 1 heterocycles. The van der Waals surface area contributed by atoms with Crippen LogP contribution in [0.3, 0.4) is 0 Å². The number of halogens is 1. The summed E-state index contributed by atoms with van der Waals surface area (Å²) in [5.74, 6) is 0.329. The van der Waals surface area contributed by atoms with E-state index in [4.69, 9.17) is 15.2 Å². The summed E-state index contributed by atoms with van der Waals surface area (Å²) >= 11 is 4.83. The van der Waals surface area contributed by atoms with Crippen molar-refractivity contribution in [3.8, 4) is 16.2 Å². The van der Waals surface area contributed by atoms with E-state index in [-0.39, 0.29) is 0 Å². The van der Waals surface area contributed by atoms with Crippen LogP contribution < -0.4 is 10.5 Å². The Balaban J connectivity index is 2.61. The number of thiophene rings is 1. The van der Waals surface area contributed by atoms with Gasteiger partial charge in [0.1, 0.15) is 10.6 Å². The molecule has 0 amide bonds. The van der Waals surface area contributed by atoms with Crippen LogP contribution in [0.25, 0.3) is 10.4 Å². The van der Waals surface area contributed by atoms with Gasteiger partial charge >= 0.3 is 5.97 Å². The zero-order valence-electron chi connectivity index (χ0n) is 11.3. The Labute approximate surface area is 129 Å². The minimum absolute atomic E-state index is 0.416. The van der Waals surface area contributed by atoms with Crippen LogP contribution in [0.1, 0.15) is 15.2 Å². The molecule has 0 saturated carbocycles. The SMILES string of the molecule is COC(=O)c1sc(-c2cc(OC)ccc2Br)c(C)c1N. The summed E-state index contributed by atoms with van der Waals surface area (Å²) in [6.07, 6.45) is 0. The Bertz CT molecular complexity index is 667. The second-order valence-corrected chi connectivity index (χ2v) is 6.01. The lowest BCUT2D eigenvalue weighted by Crippen LogP contribution is -2.01. The normalized spacial score (nSPS) is 10.4. The van der Waals surface area contributed by atoms with Crippen molar-refractivity contribution in [2.45, 2.75) is 6.92 Å². The van der Waals surface area contributed by atoms with Crippen LogP contribution in [-0.2, 0) is 4.74 Å². The number of hydrogen-bond donors (Lipinski definition) is 1. The third-order valence-electron chi connectivity index (χ3n) is 2.98. The lowest BCUT2D eigenvalue weighted by atomic mass is 10.1. The topological polar surface area (TPSA) is 61.5 Å². The molecule has 0 aliphatic heterocycles. The molecule has 2 rings (SSSR count). The number of benzene rings is 1. The summed E-state index contributed by atoms with van der Waals surface area (Å²) < 4.78 is 10.9. The molecular formula is C14H14BrNO3S. The number of ether oxygens (including phenoxy) is 2. The zero-order valence-corrected chi connectivity index (χ0v) is 13.7. The van der Waals surface area contributed by atoms with Gasteiger partial charge in [-0.15, -0.1) is 11.3 Å². The third-order valence-corrected chi connectivity index (χ3v) is 4.99. The molecule has 0 fully saturated rings. The van der Waals surface area contributed by atoms with Crippen LogP contribution in [0.2, 0.25) is 0 Å². The monoisotopic (exact) mass is 355 g/mol. The van der Waals surface area contributed by atoms with Gasteiger partial charge in [-0.25, -0.2) is 4.79 Å². The predicted octanol–water partition coefficient (Wildman–Crippen LogP) is 3.86. The Morgan fingerprint density at radius 2 is 2.05 bits per heavy atom. The number of methoxy groups -OCH3 is 2. The van der Waals surface area contributed by atoms with Gasteiger partial charge in [-0.2, -0.15) is 0 Å². The smallest absolute Gasteiger partial charge is 0.350 e. The average molecular weight is 356 g/mol. The zero-order chi connectivity index (χ0) is 14.9. The van der Waals surface area contributed by atoms with Gasteiger partial charge in [0.15, 0.2) is 0 Å². The first-order chi connectivity index (χ1) is 9.49. The molecule has 4 nitrogen and oxygen atoms in total. The van der Waals surface area contributed by atoms with Crippen LogP contribution in [0, 0.1) is 6.92 Å². The van der Waals surface area contributed by atoms with Crippen LogP contribution in [-0.4, -0.2) is 20.2 Å². The highest BCUT2D eigenvalue weighted by atomic mass is 79.9. The number of carbonyl (C=O) groups excluding carboxylic acids is 1. The average Bonchev–Trinajstić information content (AvgIpc) is 2.75. The van der Waals surface area contributed by atoms with E-state index in [1.807, 2.05) is 25.1 Å². The molecule has 20 heavy (non-hydrogen) atoms. The van der Waals surface area contributed by atoms with Crippen molar-refractivity contribution in [3.63, 3.8) is 0 Å². The van der Waals surface area contributed by atoms with Gasteiger partial charge in [0.2, 0.25) is 0 Å². The van der Waals surface area contributed by atoms with Crippen LogP contribution >= 0.6 is 27.3 Å². The molecule has 0 atom stereocenters. The largest absolute Gasteiger partial charge is 0.497 e. The Hall–Kier alpha value is -1.53. The van der Waals surface area contributed by atoms with E-state index in [1.54, 1.807) is 7.11 Å². The van der Waals surface area contributed by atoms with Crippen molar-refractivity contribution < 1.29 is 14.3 Å². The molecule has 0 radical (unpaired) electrons. The van der Waals surface area contributed by atoms with E-state index in [0.29, 0.717) is 10.6 Å². The first-order valence-electron chi connectivity index (χ1n) is 5.80. The van der Waals surface area contributed by atoms with Crippen molar-refractivity contribution in [2.75, 3.05) is 20.0 Å². The number of esters is 1. The van der Waals surface area contributed by atoms with E-state index in [0.717, 1.165) is 26.2 Å². The fraction of sp³-hybridized carbons (Fsp3) is 0.214. The Kier molecular flexibility index (Phi) is 4.35. The molecule has 2 N–H and O–H groups in total. The highest BCUT2D eigenvalue weighted by Gasteiger charge is 2.21. The standard InChI is InChI=1S/C14H14BrNO3S/c1-7-11(16)13(14(17)19-3)20-12(7)9-6-8(18-2)4-5-10(9)15/h4-6H,16H2,1-3H3. The number of hydrogen-bond acceptors (Lipinski definition) is 5. The summed E-state index contributed by atoms with van der Waals surface area (Å²) in [7, 11) is 2.96. The summed E-state index contributed by atoms with van der Waals surface area (Å²) in [4.78, 5) is 13.1. The Morgan fingerprint density at radius 1 is 1.35 bits per heavy atom. The highest BCUT2D eigenvalue weighted by molar-refractivity contribution is 9.10. The molecule has 0 saturated heterocycles. The van der Waals surface area contributed by atoms with E-state index in [2.05, 4.69) is 15.9 Å². The predicted molar refractivity (Wildman–Crippen MR) is 84.5 cm³/mol. The number of rotatable bonds is 3. The number of nitrogen functional groups attached to an aromatic ring is 1. The number of carbonyl (C=O) groups is 1. The lowest BCUT2D eigenvalue weighted by Gasteiger charge is -2.06. The van der Waals surface area contributed by atoms with E-state index < -0.39 is 5.97 Å². The van der Waals surface area contributed by atoms with Gasteiger partial charge in [0.25, 0.3) is 0 Å². The second-order valence-electron chi connectivity index (χ2n) is 4.14. The van der Waals surface area contributed by atoms with Gasteiger partial charge in [0.05, 0.1) is 19.9 Å². The highest BCUT2D eigenvalue weighted by Crippen LogP contribution is 2.42. The number of nitrogens with two attached hydrogens (primary N) is 1. The first-order valence-corrected chi connectivity index (χ1v) is 7.41. The maximum absolute atomic E-state index is 11.7. The van der Waals surface area contributed by atoms with Crippen LogP contribution in [0.5, 0.6) is 5.75 Å². The summed E-state index contributed by atoms with van der Waals surface area (Å²) in [5.41, 5.74) is 8.27.